The van der Waals surface area contributed by atoms with Gasteiger partial charge in [0, 0.05) is 6.07 Å². The molecule has 1 aromatic carbocycles. The number of rotatable bonds is 4. The molecule has 0 saturated heterocycles. The molecule has 21 heavy (non-hydrogen) atoms. The van der Waals surface area contributed by atoms with E-state index in [1.807, 2.05) is 0 Å². The molecule has 0 aliphatic carbocycles. The monoisotopic (exact) mass is 287 g/mol. The fraction of sp³-hybridized carbons (Fsp3) is 0.0714. The molecular formula is C14H10FN3O3. The minimum atomic E-state index is -1.09. The highest BCUT2D eigenvalue weighted by Gasteiger charge is 2.14. The first-order valence-corrected chi connectivity index (χ1v) is 6.10. The van der Waals surface area contributed by atoms with Gasteiger partial charge in [0.05, 0.1) is 0 Å². The molecule has 3 rings (SSSR count). The Balaban J connectivity index is 1.92. The SMILES string of the molecule is O=C(O)c1cccc2nnc(COc3cccc(F)c3)n12. The third-order valence-electron chi connectivity index (χ3n) is 2.88. The number of hydrogen-bond acceptors (Lipinski definition) is 4. The number of carboxylic acid groups (broad SMARTS) is 1. The van der Waals surface area contributed by atoms with Gasteiger partial charge in [0.25, 0.3) is 0 Å². The van der Waals surface area contributed by atoms with Gasteiger partial charge >= 0.3 is 5.97 Å². The van der Waals surface area contributed by atoms with E-state index in [1.165, 1.54) is 28.7 Å². The summed E-state index contributed by atoms with van der Waals surface area (Å²) in [5.74, 6) is -0.843. The van der Waals surface area contributed by atoms with Gasteiger partial charge in [-0.1, -0.05) is 12.1 Å². The minimum absolute atomic E-state index is 0.0189. The normalized spacial score (nSPS) is 10.7. The van der Waals surface area contributed by atoms with E-state index in [4.69, 9.17) is 4.74 Å². The summed E-state index contributed by atoms with van der Waals surface area (Å²) < 4.78 is 19.9. The van der Waals surface area contributed by atoms with Gasteiger partial charge in [0.1, 0.15) is 23.9 Å². The summed E-state index contributed by atoms with van der Waals surface area (Å²) in [6.45, 7) is -0.0189. The first kappa shape index (κ1) is 13.0. The number of ether oxygens (including phenoxy) is 1. The number of halogens is 1. The summed E-state index contributed by atoms with van der Waals surface area (Å²) in [6.07, 6.45) is 0. The van der Waals surface area contributed by atoms with Gasteiger partial charge in [-0.25, -0.2) is 9.18 Å². The molecule has 0 radical (unpaired) electrons. The maximum atomic E-state index is 13.1. The molecule has 0 aliphatic rings. The lowest BCUT2D eigenvalue weighted by Crippen LogP contribution is -2.09. The summed E-state index contributed by atoms with van der Waals surface area (Å²) in [5.41, 5.74) is 0.447. The first-order valence-electron chi connectivity index (χ1n) is 6.10. The van der Waals surface area contributed by atoms with Gasteiger partial charge < -0.3 is 9.84 Å². The lowest BCUT2D eigenvalue weighted by molar-refractivity contribution is 0.0688. The Labute approximate surface area is 118 Å². The van der Waals surface area contributed by atoms with Gasteiger partial charge in [0.15, 0.2) is 11.5 Å². The third kappa shape index (κ3) is 2.53. The Bertz CT molecular complexity index is 816. The van der Waals surface area contributed by atoms with Crippen LogP contribution in [0.2, 0.25) is 0 Å². The molecule has 0 atom stereocenters. The number of hydrogen-bond donors (Lipinski definition) is 1. The summed E-state index contributed by atoms with van der Waals surface area (Å²) >= 11 is 0. The summed E-state index contributed by atoms with van der Waals surface area (Å²) in [4.78, 5) is 11.2. The maximum absolute atomic E-state index is 13.1. The first-order chi connectivity index (χ1) is 10.1. The Morgan fingerprint density at radius 2 is 2.05 bits per heavy atom. The molecular weight excluding hydrogens is 277 g/mol. The van der Waals surface area contributed by atoms with Crippen molar-refractivity contribution >= 4 is 11.6 Å². The fourth-order valence-electron chi connectivity index (χ4n) is 1.97. The number of fused-ring (bicyclic) bond motifs is 1. The van der Waals surface area contributed by atoms with Crippen molar-refractivity contribution in [2.24, 2.45) is 0 Å². The molecule has 0 amide bonds. The van der Waals surface area contributed by atoms with Crippen LogP contribution in [0.4, 0.5) is 4.39 Å². The number of aromatic nitrogens is 3. The molecule has 0 unspecified atom stereocenters. The van der Waals surface area contributed by atoms with Gasteiger partial charge in [-0.05, 0) is 24.3 Å². The summed E-state index contributed by atoms with van der Waals surface area (Å²) in [7, 11) is 0. The molecule has 2 aromatic heterocycles. The van der Waals surface area contributed by atoms with E-state index in [-0.39, 0.29) is 12.3 Å². The number of aromatic carboxylic acids is 1. The van der Waals surface area contributed by atoms with Gasteiger partial charge in [-0.3, -0.25) is 4.40 Å². The zero-order valence-corrected chi connectivity index (χ0v) is 10.7. The van der Waals surface area contributed by atoms with Crippen molar-refractivity contribution in [3.8, 4) is 5.75 Å². The van der Waals surface area contributed by atoms with Crippen LogP contribution in [-0.4, -0.2) is 25.7 Å². The second-order valence-corrected chi connectivity index (χ2v) is 4.27. The van der Waals surface area contributed by atoms with Crippen LogP contribution >= 0.6 is 0 Å². The van der Waals surface area contributed by atoms with Crippen molar-refractivity contribution in [3.63, 3.8) is 0 Å². The highest BCUT2D eigenvalue weighted by Crippen LogP contribution is 2.15. The van der Waals surface area contributed by atoms with Crippen molar-refractivity contribution in [3.05, 3.63) is 59.8 Å². The van der Waals surface area contributed by atoms with E-state index in [0.29, 0.717) is 17.2 Å². The molecule has 106 valence electrons. The number of carboxylic acids is 1. The molecule has 3 aromatic rings. The predicted octanol–water partition coefficient (Wildman–Crippen LogP) is 2.15. The molecule has 0 saturated carbocycles. The largest absolute Gasteiger partial charge is 0.485 e. The number of benzene rings is 1. The second kappa shape index (κ2) is 5.20. The minimum Gasteiger partial charge on any atom is -0.485 e. The summed E-state index contributed by atoms with van der Waals surface area (Å²) in [5, 5.41) is 17.0. The average molecular weight is 287 g/mol. The molecule has 0 fully saturated rings. The van der Waals surface area contributed by atoms with Crippen LogP contribution in [0.5, 0.6) is 5.75 Å². The number of nitrogens with zero attached hydrogens (tertiary/aromatic N) is 3. The van der Waals surface area contributed by atoms with Crippen molar-refractivity contribution in [2.45, 2.75) is 6.61 Å². The van der Waals surface area contributed by atoms with Crippen molar-refractivity contribution in [2.75, 3.05) is 0 Å². The predicted molar refractivity (Wildman–Crippen MR) is 70.7 cm³/mol. The van der Waals surface area contributed by atoms with Crippen LogP contribution in [0.15, 0.2) is 42.5 Å². The van der Waals surface area contributed by atoms with Crippen molar-refractivity contribution in [1.29, 1.82) is 0 Å². The van der Waals surface area contributed by atoms with E-state index in [2.05, 4.69) is 10.2 Å². The molecule has 6 nitrogen and oxygen atoms in total. The lowest BCUT2D eigenvalue weighted by atomic mass is 10.3. The van der Waals surface area contributed by atoms with Crippen LogP contribution in [-0.2, 0) is 6.61 Å². The van der Waals surface area contributed by atoms with E-state index in [1.54, 1.807) is 18.2 Å². The van der Waals surface area contributed by atoms with Crippen LogP contribution in [0.25, 0.3) is 5.65 Å². The highest BCUT2D eigenvalue weighted by atomic mass is 19.1. The van der Waals surface area contributed by atoms with Gasteiger partial charge in [-0.2, -0.15) is 0 Å². The Morgan fingerprint density at radius 1 is 1.24 bits per heavy atom. The second-order valence-electron chi connectivity index (χ2n) is 4.27. The van der Waals surface area contributed by atoms with E-state index >= 15 is 0 Å². The smallest absolute Gasteiger partial charge is 0.352 e. The number of carbonyl (C=O) groups is 1. The molecule has 2 heterocycles. The van der Waals surface area contributed by atoms with E-state index < -0.39 is 11.8 Å². The zero-order chi connectivity index (χ0) is 14.8. The van der Waals surface area contributed by atoms with E-state index in [9.17, 15) is 14.3 Å². The Kier molecular flexibility index (Phi) is 3.23. The molecule has 0 bridgehead atoms. The van der Waals surface area contributed by atoms with Crippen molar-refractivity contribution < 1.29 is 19.0 Å². The fourth-order valence-corrected chi connectivity index (χ4v) is 1.97. The van der Waals surface area contributed by atoms with Crippen LogP contribution in [0, 0.1) is 5.82 Å². The summed E-state index contributed by atoms with van der Waals surface area (Å²) in [6, 6.07) is 10.4. The quantitative estimate of drug-likeness (QED) is 0.795. The van der Waals surface area contributed by atoms with Crippen LogP contribution in [0.1, 0.15) is 16.3 Å². The van der Waals surface area contributed by atoms with Crippen LogP contribution in [0.3, 0.4) is 0 Å². The maximum Gasteiger partial charge on any atom is 0.352 e. The van der Waals surface area contributed by atoms with Crippen molar-refractivity contribution in [1.82, 2.24) is 14.6 Å². The topological polar surface area (TPSA) is 76.7 Å². The highest BCUT2D eigenvalue weighted by molar-refractivity contribution is 5.86. The standard InChI is InChI=1S/C14H10FN3O3/c15-9-3-1-4-10(7-9)21-8-13-17-16-12-6-2-5-11(14(19)20)18(12)13/h1-7H,8H2,(H,19,20). The third-order valence-corrected chi connectivity index (χ3v) is 2.88. The molecule has 7 heteroatoms. The lowest BCUT2D eigenvalue weighted by Gasteiger charge is -2.06. The Morgan fingerprint density at radius 3 is 2.81 bits per heavy atom. The average Bonchev–Trinajstić information content (AvgIpc) is 2.88. The zero-order valence-electron chi connectivity index (χ0n) is 10.7. The number of pyridine rings is 1. The van der Waals surface area contributed by atoms with Crippen LogP contribution < -0.4 is 4.74 Å². The van der Waals surface area contributed by atoms with Gasteiger partial charge in [0.2, 0.25) is 0 Å². The molecule has 0 spiro atoms. The Hall–Kier alpha value is -2.96. The van der Waals surface area contributed by atoms with Gasteiger partial charge in [-0.15, -0.1) is 10.2 Å². The van der Waals surface area contributed by atoms with E-state index in [0.717, 1.165) is 0 Å². The molecule has 0 aliphatic heterocycles. The molecule has 1 N–H and O–H groups in total.